The Labute approximate surface area is 94.8 Å². The van der Waals surface area contributed by atoms with Crippen LogP contribution in [-0.4, -0.2) is 38.9 Å². The van der Waals surface area contributed by atoms with Crippen molar-refractivity contribution in [1.29, 1.82) is 0 Å². The van der Waals surface area contributed by atoms with Gasteiger partial charge in [0.1, 0.15) is 5.60 Å². The Balaban J connectivity index is 2.06. The van der Waals surface area contributed by atoms with Crippen LogP contribution in [0.5, 0.6) is 0 Å². The lowest BCUT2D eigenvalue weighted by molar-refractivity contribution is -0.0309. The summed E-state index contributed by atoms with van der Waals surface area (Å²) < 4.78 is 0. The SMILES string of the molecule is CC(C)C1(O)CN(c2nccc(CO)n2)C1. The van der Waals surface area contributed by atoms with Crippen molar-refractivity contribution in [1.82, 2.24) is 9.97 Å². The lowest BCUT2D eigenvalue weighted by Gasteiger charge is -2.49. The van der Waals surface area contributed by atoms with Gasteiger partial charge in [0.25, 0.3) is 0 Å². The maximum atomic E-state index is 10.1. The Hall–Kier alpha value is -1.20. The van der Waals surface area contributed by atoms with Crippen LogP contribution < -0.4 is 4.90 Å². The van der Waals surface area contributed by atoms with Crippen LogP contribution in [0.4, 0.5) is 5.95 Å². The maximum Gasteiger partial charge on any atom is 0.225 e. The first kappa shape index (κ1) is 11.3. The van der Waals surface area contributed by atoms with E-state index in [1.54, 1.807) is 12.3 Å². The fourth-order valence-corrected chi connectivity index (χ4v) is 1.75. The van der Waals surface area contributed by atoms with Crippen molar-refractivity contribution in [3.63, 3.8) is 0 Å². The van der Waals surface area contributed by atoms with E-state index in [-0.39, 0.29) is 12.5 Å². The van der Waals surface area contributed by atoms with Crippen LogP contribution in [-0.2, 0) is 6.61 Å². The summed E-state index contributed by atoms with van der Waals surface area (Å²) in [6.45, 7) is 5.03. The van der Waals surface area contributed by atoms with Crippen molar-refractivity contribution in [3.8, 4) is 0 Å². The molecule has 0 atom stereocenters. The molecule has 5 nitrogen and oxygen atoms in total. The number of aromatic nitrogens is 2. The van der Waals surface area contributed by atoms with Crippen LogP contribution >= 0.6 is 0 Å². The summed E-state index contributed by atoms with van der Waals surface area (Å²) >= 11 is 0. The molecule has 1 aromatic heterocycles. The van der Waals surface area contributed by atoms with E-state index >= 15 is 0 Å². The molecule has 1 aromatic rings. The van der Waals surface area contributed by atoms with Crippen molar-refractivity contribution in [2.24, 2.45) is 5.92 Å². The molecular weight excluding hydrogens is 206 g/mol. The Bertz CT molecular complexity index is 375. The van der Waals surface area contributed by atoms with Gasteiger partial charge >= 0.3 is 0 Å². The summed E-state index contributed by atoms with van der Waals surface area (Å²) in [6.07, 6.45) is 1.63. The normalized spacial score (nSPS) is 18.7. The Morgan fingerprint density at radius 1 is 1.50 bits per heavy atom. The van der Waals surface area contributed by atoms with Gasteiger partial charge in [-0.1, -0.05) is 13.8 Å². The van der Waals surface area contributed by atoms with Crippen LogP contribution in [0.1, 0.15) is 19.5 Å². The molecule has 2 N–H and O–H groups in total. The summed E-state index contributed by atoms with van der Waals surface area (Å²) in [5.41, 5.74) is -0.0246. The van der Waals surface area contributed by atoms with Gasteiger partial charge in [0.2, 0.25) is 5.95 Å². The van der Waals surface area contributed by atoms with Gasteiger partial charge in [-0.05, 0) is 12.0 Å². The molecule has 0 bridgehead atoms. The summed E-state index contributed by atoms with van der Waals surface area (Å²) in [4.78, 5) is 10.2. The molecule has 0 aliphatic carbocycles. The topological polar surface area (TPSA) is 69.5 Å². The lowest BCUT2D eigenvalue weighted by atomic mass is 9.83. The molecule has 2 rings (SSSR count). The van der Waals surface area contributed by atoms with E-state index in [1.807, 2.05) is 18.7 Å². The molecule has 5 heteroatoms. The average molecular weight is 223 g/mol. The summed E-state index contributed by atoms with van der Waals surface area (Å²) in [6, 6.07) is 1.68. The molecule has 1 aliphatic heterocycles. The van der Waals surface area contributed by atoms with Gasteiger partial charge in [-0.25, -0.2) is 9.97 Å². The highest BCUT2D eigenvalue weighted by Gasteiger charge is 2.44. The third-order valence-electron chi connectivity index (χ3n) is 3.15. The highest BCUT2D eigenvalue weighted by Crippen LogP contribution is 2.30. The first-order chi connectivity index (χ1) is 7.55. The van der Waals surface area contributed by atoms with Crippen LogP contribution in [0.25, 0.3) is 0 Å². The second kappa shape index (κ2) is 3.99. The van der Waals surface area contributed by atoms with E-state index in [9.17, 15) is 5.11 Å². The smallest absolute Gasteiger partial charge is 0.225 e. The molecule has 0 radical (unpaired) electrons. The molecule has 1 saturated heterocycles. The molecule has 2 heterocycles. The van der Waals surface area contributed by atoms with Crippen molar-refractivity contribution in [2.45, 2.75) is 26.1 Å². The number of aliphatic hydroxyl groups excluding tert-OH is 1. The van der Waals surface area contributed by atoms with Gasteiger partial charge in [0.15, 0.2) is 0 Å². The lowest BCUT2D eigenvalue weighted by Crippen LogP contribution is -2.65. The summed E-state index contributed by atoms with van der Waals surface area (Å²) in [7, 11) is 0. The highest BCUT2D eigenvalue weighted by molar-refractivity contribution is 5.37. The second-order valence-corrected chi connectivity index (χ2v) is 4.62. The van der Waals surface area contributed by atoms with E-state index in [0.717, 1.165) is 0 Å². The molecule has 0 saturated carbocycles. The maximum absolute atomic E-state index is 10.1. The molecule has 0 amide bonds. The van der Waals surface area contributed by atoms with Crippen LogP contribution in [0.2, 0.25) is 0 Å². The zero-order valence-corrected chi connectivity index (χ0v) is 9.59. The minimum atomic E-state index is -0.626. The molecule has 1 fully saturated rings. The minimum Gasteiger partial charge on any atom is -0.390 e. The summed E-state index contributed by atoms with van der Waals surface area (Å²) in [5, 5.41) is 19.1. The minimum absolute atomic E-state index is 0.0855. The molecule has 0 spiro atoms. The van der Waals surface area contributed by atoms with Gasteiger partial charge in [0, 0.05) is 6.20 Å². The number of aliphatic hydroxyl groups is 2. The third-order valence-corrected chi connectivity index (χ3v) is 3.15. The molecule has 16 heavy (non-hydrogen) atoms. The van der Waals surface area contributed by atoms with Crippen LogP contribution in [0.3, 0.4) is 0 Å². The van der Waals surface area contributed by atoms with E-state index in [1.165, 1.54) is 0 Å². The Morgan fingerprint density at radius 3 is 2.75 bits per heavy atom. The molecule has 88 valence electrons. The standard InChI is InChI=1S/C11H17N3O2/c1-8(2)11(16)6-14(7-11)10-12-4-3-9(5-15)13-10/h3-4,8,15-16H,5-7H2,1-2H3. The van der Waals surface area contributed by atoms with Gasteiger partial charge in [-0.2, -0.15) is 0 Å². The average Bonchev–Trinajstić information content (AvgIpc) is 2.24. The molecule has 0 aromatic carbocycles. The predicted octanol–water partition coefficient (Wildman–Crippen LogP) is 0.176. The van der Waals surface area contributed by atoms with E-state index in [4.69, 9.17) is 5.11 Å². The number of hydrogen-bond acceptors (Lipinski definition) is 5. The zero-order chi connectivity index (χ0) is 11.8. The fourth-order valence-electron chi connectivity index (χ4n) is 1.75. The Kier molecular flexibility index (Phi) is 2.82. The van der Waals surface area contributed by atoms with E-state index < -0.39 is 5.60 Å². The highest BCUT2D eigenvalue weighted by atomic mass is 16.3. The van der Waals surface area contributed by atoms with Crippen molar-refractivity contribution in [2.75, 3.05) is 18.0 Å². The zero-order valence-electron chi connectivity index (χ0n) is 9.59. The van der Waals surface area contributed by atoms with Gasteiger partial charge < -0.3 is 15.1 Å². The third kappa shape index (κ3) is 1.88. The van der Waals surface area contributed by atoms with Crippen molar-refractivity contribution >= 4 is 5.95 Å². The van der Waals surface area contributed by atoms with Crippen molar-refractivity contribution < 1.29 is 10.2 Å². The number of nitrogens with zero attached hydrogens (tertiary/aromatic N) is 3. The van der Waals surface area contributed by atoms with Crippen LogP contribution in [0.15, 0.2) is 12.3 Å². The Morgan fingerprint density at radius 2 is 2.19 bits per heavy atom. The molecule has 1 aliphatic rings. The number of β-amino-alcohol motifs (C(OH)–C–C–N with tert-alkyl or cyclic N) is 1. The largest absolute Gasteiger partial charge is 0.390 e. The van der Waals surface area contributed by atoms with Crippen molar-refractivity contribution in [3.05, 3.63) is 18.0 Å². The quantitative estimate of drug-likeness (QED) is 0.764. The van der Waals surface area contributed by atoms with E-state index in [2.05, 4.69) is 9.97 Å². The van der Waals surface area contributed by atoms with Gasteiger partial charge in [-0.3, -0.25) is 0 Å². The van der Waals surface area contributed by atoms with E-state index in [0.29, 0.717) is 24.7 Å². The van der Waals surface area contributed by atoms with Gasteiger partial charge in [0.05, 0.1) is 25.4 Å². The number of rotatable bonds is 3. The van der Waals surface area contributed by atoms with Gasteiger partial charge in [-0.15, -0.1) is 0 Å². The number of anilines is 1. The fraction of sp³-hybridized carbons (Fsp3) is 0.636. The molecular formula is C11H17N3O2. The first-order valence-corrected chi connectivity index (χ1v) is 5.45. The monoisotopic (exact) mass is 223 g/mol. The number of hydrogen-bond donors (Lipinski definition) is 2. The van der Waals surface area contributed by atoms with Crippen LogP contribution in [0, 0.1) is 5.92 Å². The summed E-state index contributed by atoms with van der Waals surface area (Å²) in [5.74, 6) is 0.807. The predicted molar refractivity (Wildman–Crippen MR) is 60.0 cm³/mol. The second-order valence-electron chi connectivity index (χ2n) is 4.62. The first-order valence-electron chi connectivity index (χ1n) is 5.45. The molecule has 0 unspecified atom stereocenters.